The maximum Gasteiger partial charge on any atom is -0.0184 e. The Morgan fingerprint density at radius 3 is 2.21 bits per heavy atom. The Kier molecular flexibility index (Phi) is 2.77. The van der Waals surface area contributed by atoms with Crippen molar-refractivity contribution in [3.05, 3.63) is 78.4 Å². The fourth-order valence-corrected chi connectivity index (χ4v) is 1.39. The quantitative estimate of drug-likeness (QED) is 0.617. The molecule has 0 fully saturated rings. The van der Waals surface area contributed by atoms with E-state index in [4.69, 9.17) is 0 Å². The summed E-state index contributed by atoms with van der Waals surface area (Å²) in [5.41, 5.74) is 2.50. The summed E-state index contributed by atoms with van der Waals surface area (Å²) in [6.45, 7) is 0. The molecule has 1 aromatic carbocycles. The number of rotatable bonds is 1. The smallest absolute Gasteiger partial charge is 0.0184 e. The lowest BCUT2D eigenvalue weighted by Gasteiger charge is -2.01. The molecule has 0 heterocycles. The zero-order valence-electron chi connectivity index (χ0n) is 7.93. The van der Waals surface area contributed by atoms with Crippen LogP contribution in [0, 0.1) is 0 Å². The highest BCUT2D eigenvalue weighted by atomic mass is 14.0. The summed E-state index contributed by atoms with van der Waals surface area (Å²) in [5, 5.41) is 0. The minimum absolute atomic E-state index is 1.24. The van der Waals surface area contributed by atoms with Crippen LogP contribution in [0.4, 0.5) is 0 Å². The van der Waals surface area contributed by atoms with Gasteiger partial charge in [0.05, 0.1) is 0 Å². The van der Waals surface area contributed by atoms with Crippen LogP contribution in [0.3, 0.4) is 0 Å². The normalized spacial score (nSPS) is 25.3. The number of hydrogen-bond donors (Lipinski definition) is 0. The van der Waals surface area contributed by atoms with Gasteiger partial charge in [-0.1, -0.05) is 72.9 Å². The van der Waals surface area contributed by atoms with Crippen molar-refractivity contribution in [3.63, 3.8) is 0 Å². The molecule has 0 N–H and O–H groups in total. The van der Waals surface area contributed by atoms with E-state index >= 15 is 0 Å². The molecule has 0 bridgehead atoms. The Morgan fingerprint density at radius 1 is 0.643 bits per heavy atom. The van der Waals surface area contributed by atoms with Crippen molar-refractivity contribution in [1.82, 2.24) is 0 Å². The van der Waals surface area contributed by atoms with Crippen LogP contribution in [0.25, 0.3) is 5.57 Å². The molecule has 0 unspecified atom stereocenters. The Morgan fingerprint density at radius 2 is 1.36 bits per heavy atom. The molecule has 0 amide bonds. The van der Waals surface area contributed by atoms with Crippen molar-refractivity contribution in [3.8, 4) is 0 Å². The van der Waals surface area contributed by atoms with Gasteiger partial charge in [-0.3, -0.25) is 0 Å². The van der Waals surface area contributed by atoms with E-state index in [9.17, 15) is 0 Å². The van der Waals surface area contributed by atoms with Crippen LogP contribution in [-0.4, -0.2) is 0 Å². The highest BCUT2D eigenvalue weighted by molar-refractivity contribution is 5.75. The molecule has 0 heteroatoms. The Hall–Kier alpha value is -1.82. The summed E-state index contributed by atoms with van der Waals surface area (Å²) in [6, 6.07) is 10.4. The van der Waals surface area contributed by atoms with Gasteiger partial charge in [0.15, 0.2) is 0 Å². The molecule has 68 valence electrons. The second kappa shape index (κ2) is 4.43. The molecule has 0 saturated heterocycles. The van der Waals surface area contributed by atoms with Gasteiger partial charge < -0.3 is 0 Å². The van der Waals surface area contributed by atoms with Crippen molar-refractivity contribution in [1.29, 1.82) is 0 Å². The number of hydrogen-bond acceptors (Lipinski definition) is 0. The van der Waals surface area contributed by atoms with E-state index in [0.29, 0.717) is 0 Å². The topological polar surface area (TPSA) is 0 Å². The van der Waals surface area contributed by atoms with Crippen LogP contribution in [0.1, 0.15) is 5.56 Å². The van der Waals surface area contributed by atoms with E-state index in [2.05, 4.69) is 48.6 Å². The van der Waals surface area contributed by atoms with Crippen LogP contribution >= 0.6 is 0 Å². The van der Waals surface area contributed by atoms with E-state index in [1.165, 1.54) is 11.1 Å². The van der Waals surface area contributed by atoms with Gasteiger partial charge in [0.25, 0.3) is 0 Å². The molecule has 0 aliphatic heterocycles. The number of benzene rings is 1. The lowest BCUT2D eigenvalue weighted by Crippen LogP contribution is -1.79. The van der Waals surface area contributed by atoms with Crippen molar-refractivity contribution in [2.45, 2.75) is 0 Å². The monoisotopic (exact) mass is 180 g/mol. The van der Waals surface area contributed by atoms with Crippen LogP contribution in [0.15, 0.2) is 72.9 Å². The summed E-state index contributed by atoms with van der Waals surface area (Å²) >= 11 is 0. The highest BCUT2D eigenvalue weighted by Gasteiger charge is 1.94. The van der Waals surface area contributed by atoms with Gasteiger partial charge in [0.1, 0.15) is 0 Å². The van der Waals surface area contributed by atoms with Gasteiger partial charge in [-0.25, -0.2) is 0 Å². The predicted molar refractivity (Wildman–Crippen MR) is 61.8 cm³/mol. The van der Waals surface area contributed by atoms with Crippen molar-refractivity contribution in [2.24, 2.45) is 0 Å². The van der Waals surface area contributed by atoms with E-state index in [1.54, 1.807) is 0 Å². The second-order valence-electron chi connectivity index (χ2n) is 3.12. The maximum absolute atomic E-state index is 2.12. The summed E-state index contributed by atoms with van der Waals surface area (Å²) in [7, 11) is 0. The molecule has 0 nitrogen and oxygen atoms in total. The van der Waals surface area contributed by atoms with Gasteiger partial charge in [0.2, 0.25) is 0 Å². The first-order valence-electron chi connectivity index (χ1n) is 4.74. The molecule has 0 saturated carbocycles. The van der Waals surface area contributed by atoms with E-state index < -0.39 is 0 Å². The van der Waals surface area contributed by atoms with E-state index in [0.717, 1.165) is 0 Å². The molecule has 14 heavy (non-hydrogen) atoms. The van der Waals surface area contributed by atoms with Gasteiger partial charge in [-0.2, -0.15) is 0 Å². The van der Waals surface area contributed by atoms with Crippen LogP contribution < -0.4 is 0 Å². The Balaban J connectivity index is 2.35. The van der Waals surface area contributed by atoms with Crippen molar-refractivity contribution in [2.75, 3.05) is 0 Å². The molecular weight excluding hydrogens is 168 g/mol. The SMILES string of the molecule is C1=C\C=C/C(c2ccccc2)=C\C=C/1. The fraction of sp³-hybridized carbons (Fsp3) is 0. The first-order chi connectivity index (χ1) is 6.97. The largest absolute Gasteiger partial charge is 0.0623 e. The molecule has 0 radical (unpaired) electrons. The van der Waals surface area contributed by atoms with Crippen molar-refractivity contribution >= 4 is 5.57 Å². The van der Waals surface area contributed by atoms with E-state index in [1.807, 2.05) is 24.3 Å². The standard InChI is InChI=1S/C14H12/c1-2-5-9-13(10-6-3-1)14-11-7-4-8-12-14/h1-12H/b2-1-,3-1?,5-2?,6-3-,9-5-,10-6?,13-9?,13-10+. The van der Waals surface area contributed by atoms with Gasteiger partial charge >= 0.3 is 0 Å². The fourth-order valence-electron chi connectivity index (χ4n) is 1.39. The van der Waals surface area contributed by atoms with Gasteiger partial charge in [0, 0.05) is 0 Å². The van der Waals surface area contributed by atoms with Crippen molar-refractivity contribution < 1.29 is 0 Å². The molecule has 0 aromatic heterocycles. The minimum Gasteiger partial charge on any atom is -0.0623 e. The lowest BCUT2D eigenvalue weighted by molar-refractivity contribution is 1.61. The predicted octanol–water partition coefficient (Wildman–Crippen LogP) is 3.75. The third kappa shape index (κ3) is 2.11. The zero-order valence-corrected chi connectivity index (χ0v) is 7.93. The van der Waals surface area contributed by atoms with Crippen LogP contribution in [0.2, 0.25) is 0 Å². The highest BCUT2D eigenvalue weighted by Crippen LogP contribution is 2.16. The van der Waals surface area contributed by atoms with Gasteiger partial charge in [-0.15, -0.1) is 0 Å². The Labute approximate surface area is 84.6 Å². The van der Waals surface area contributed by atoms with Crippen LogP contribution in [-0.2, 0) is 0 Å². The first kappa shape index (κ1) is 8.76. The van der Waals surface area contributed by atoms with Crippen LogP contribution in [0.5, 0.6) is 0 Å². The molecule has 1 aliphatic rings. The summed E-state index contributed by atoms with van der Waals surface area (Å²) in [6.07, 6.45) is 14.4. The first-order valence-corrected chi connectivity index (χ1v) is 4.74. The molecular formula is C14H12. The second-order valence-corrected chi connectivity index (χ2v) is 3.12. The summed E-state index contributed by atoms with van der Waals surface area (Å²) in [5.74, 6) is 0. The average Bonchev–Trinajstić information content (AvgIpc) is 2.18. The average molecular weight is 180 g/mol. The molecule has 0 atom stereocenters. The lowest BCUT2D eigenvalue weighted by atomic mass is 10.0. The molecule has 1 aromatic rings. The van der Waals surface area contributed by atoms with E-state index in [-0.39, 0.29) is 0 Å². The third-order valence-corrected chi connectivity index (χ3v) is 2.10. The molecule has 2 rings (SSSR count). The summed E-state index contributed by atoms with van der Waals surface area (Å²) in [4.78, 5) is 0. The maximum atomic E-state index is 2.12. The minimum atomic E-state index is 1.24. The zero-order chi connectivity index (χ0) is 9.64. The Bertz CT molecular complexity index is 403. The molecule has 0 spiro atoms. The van der Waals surface area contributed by atoms with Gasteiger partial charge in [-0.05, 0) is 11.1 Å². The molecule has 1 aliphatic carbocycles. The number of allylic oxidation sites excluding steroid dienone is 8. The third-order valence-electron chi connectivity index (χ3n) is 2.10. The summed E-state index contributed by atoms with van der Waals surface area (Å²) < 4.78 is 0.